The van der Waals surface area contributed by atoms with Gasteiger partial charge in [-0.1, -0.05) is 206 Å². The summed E-state index contributed by atoms with van der Waals surface area (Å²) in [6, 6.07) is 54.7. The van der Waals surface area contributed by atoms with E-state index >= 15 is 0 Å². The van der Waals surface area contributed by atoms with Crippen LogP contribution in [0.1, 0.15) is 11.0 Å². The fourth-order valence-electron chi connectivity index (χ4n) is 9.22. The Morgan fingerprint density at radius 2 is 0.655 bits per heavy atom. The summed E-state index contributed by atoms with van der Waals surface area (Å²) in [4.78, 5) is 0. The van der Waals surface area contributed by atoms with Gasteiger partial charge in [0, 0.05) is 0 Å². The van der Waals surface area contributed by atoms with Gasteiger partial charge in [0.2, 0.25) is 0 Å². The Balaban J connectivity index is 1.11. The third-order valence-corrected chi connectivity index (χ3v) is 11.9. The van der Waals surface area contributed by atoms with Gasteiger partial charge in [0.1, 0.15) is 0 Å². The van der Waals surface area contributed by atoms with E-state index in [-0.39, 0.29) is 45.7 Å². The molecule has 0 radical (unpaired) electrons. The highest BCUT2D eigenvalue weighted by molar-refractivity contribution is 6.33. The summed E-state index contributed by atoms with van der Waals surface area (Å²) >= 11 is 0. The summed E-state index contributed by atoms with van der Waals surface area (Å²) in [6.45, 7) is 0. The summed E-state index contributed by atoms with van der Waals surface area (Å²) in [7, 11) is 0. The van der Waals surface area contributed by atoms with Crippen molar-refractivity contribution in [1.29, 1.82) is 0 Å². The van der Waals surface area contributed by atoms with Gasteiger partial charge in [-0.3, -0.25) is 0 Å². The second-order valence-electron chi connectivity index (χ2n) is 15.0. The lowest BCUT2D eigenvalue weighted by Gasteiger charge is -2.19. The van der Waals surface area contributed by atoms with Crippen LogP contribution in [0.15, 0.2) is 218 Å². The first-order valence-corrected chi connectivity index (χ1v) is 19.5. The monoisotopic (exact) mass is 740 g/mol. The standard InChI is InChI=1S/C58H36/c1-2-14-42-35-43(34-27-37(42)13-1)38-25-30-40(31-26-38)56-50-21-9-11-23-52(50)57(53-24-12-10-22-51(53)56)41-32-28-39(29-33-41)54-36-55-46-17-4-3-15-44(46)45-16-5-7-19-48(45)58(55)49-20-8-6-18-47(49)54/h1-36H/i9D,10D,11D,12D,21D,22D,23D,24D. The number of fused-ring (bicyclic) bond motifs is 11. The van der Waals surface area contributed by atoms with E-state index in [0.717, 1.165) is 54.6 Å². The van der Waals surface area contributed by atoms with E-state index in [1.165, 1.54) is 21.5 Å². The summed E-state index contributed by atoms with van der Waals surface area (Å²) in [6.07, 6.45) is 0. The Morgan fingerprint density at radius 3 is 1.22 bits per heavy atom. The number of benzene rings is 12. The van der Waals surface area contributed by atoms with Gasteiger partial charge in [-0.05, 0) is 132 Å². The molecule has 0 saturated carbocycles. The summed E-state index contributed by atoms with van der Waals surface area (Å²) < 4.78 is 73.4. The molecule has 12 rings (SSSR count). The van der Waals surface area contributed by atoms with Crippen molar-refractivity contribution < 1.29 is 11.0 Å². The second kappa shape index (κ2) is 13.0. The number of hydrogen-bond acceptors (Lipinski definition) is 0. The zero-order valence-electron chi connectivity index (χ0n) is 39.2. The highest BCUT2D eigenvalue weighted by Crippen LogP contribution is 2.46. The van der Waals surface area contributed by atoms with Crippen LogP contribution in [0, 0.1) is 0 Å². The van der Waals surface area contributed by atoms with E-state index in [4.69, 9.17) is 5.48 Å². The molecule has 0 N–H and O–H groups in total. The molecule has 0 aliphatic heterocycles. The summed E-state index contributed by atoms with van der Waals surface area (Å²) in [5, 5.41) is 12.2. The smallest absolute Gasteiger partial charge is 0.0616 e. The van der Waals surface area contributed by atoms with Crippen molar-refractivity contribution in [1.82, 2.24) is 0 Å². The summed E-state index contributed by atoms with van der Waals surface area (Å²) in [5.74, 6) is 0. The van der Waals surface area contributed by atoms with Crippen LogP contribution in [0.25, 0.3) is 120 Å². The average molecular weight is 741 g/mol. The average Bonchev–Trinajstić information content (AvgIpc) is 3.37. The molecular weight excluding hydrogens is 697 g/mol. The van der Waals surface area contributed by atoms with Crippen molar-refractivity contribution in [2.24, 2.45) is 0 Å². The van der Waals surface area contributed by atoms with Gasteiger partial charge in [0.05, 0.1) is 11.0 Å². The fourth-order valence-corrected chi connectivity index (χ4v) is 9.22. The fraction of sp³-hybridized carbons (Fsp3) is 0. The van der Waals surface area contributed by atoms with E-state index in [0.29, 0.717) is 22.3 Å². The molecular formula is C58H36. The van der Waals surface area contributed by atoms with Crippen LogP contribution in [0.4, 0.5) is 0 Å². The van der Waals surface area contributed by atoms with Gasteiger partial charge in [0.25, 0.3) is 0 Å². The predicted octanol–water partition coefficient (Wildman–Crippen LogP) is 16.4. The van der Waals surface area contributed by atoms with Crippen LogP contribution in [-0.2, 0) is 0 Å². The van der Waals surface area contributed by atoms with Crippen molar-refractivity contribution in [3.63, 3.8) is 0 Å². The zero-order valence-corrected chi connectivity index (χ0v) is 31.2. The summed E-state index contributed by atoms with van der Waals surface area (Å²) in [5.41, 5.74) is 5.64. The Bertz CT molecular complexity index is 3980. The minimum Gasteiger partial charge on any atom is -0.0616 e. The Hall–Kier alpha value is -7.54. The lowest BCUT2D eigenvalue weighted by Crippen LogP contribution is -1.91. The second-order valence-corrected chi connectivity index (χ2v) is 15.0. The highest BCUT2D eigenvalue weighted by atomic mass is 14.2. The first-order chi connectivity index (χ1) is 32.1. The maximum atomic E-state index is 9.47. The van der Waals surface area contributed by atoms with Crippen molar-refractivity contribution in [3.8, 4) is 44.5 Å². The Morgan fingerprint density at radius 1 is 0.259 bits per heavy atom. The molecule has 0 aliphatic carbocycles. The Labute approximate surface area is 348 Å². The van der Waals surface area contributed by atoms with Crippen LogP contribution in [-0.4, -0.2) is 0 Å². The molecule has 58 heavy (non-hydrogen) atoms. The SMILES string of the molecule is [2H]c1c([2H])c([2H])c2c(-c3ccc(-c4cc5c6ccccc6c6ccccc6c5c5ccccc45)cc3)c3c([2H])c([2H])c([2H])c([2H])c3c(-c3ccc(-c4ccc5ccccc5c4)cc3)c2c1[2H]. The molecule has 0 nitrogen and oxygen atoms in total. The molecule has 268 valence electrons. The van der Waals surface area contributed by atoms with Crippen molar-refractivity contribution in [2.75, 3.05) is 0 Å². The lowest BCUT2D eigenvalue weighted by molar-refractivity contribution is 1.62. The van der Waals surface area contributed by atoms with Crippen LogP contribution >= 0.6 is 0 Å². The molecule has 0 amide bonds. The highest BCUT2D eigenvalue weighted by Gasteiger charge is 2.18. The van der Waals surface area contributed by atoms with E-state index in [1.807, 2.05) is 66.7 Å². The van der Waals surface area contributed by atoms with Crippen LogP contribution in [0.2, 0.25) is 0 Å². The molecule has 0 saturated heterocycles. The van der Waals surface area contributed by atoms with Gasteiger partial charge in [0.15, 0.2) is 0 Å². The molecule has 0 aromatic heterocycles. The molecule has 0 bridgehead atoms. The minimum absolute atomic E-state index is 0.189. The third-order valence-electron chi connectivity index (χ3n) is 11.9. The lowest BCUT2D eigenvalue weighted by atomic mass is 9.85. The molecule has 0 heterocycles. The van der Waals surface area contributed by atoms with E-state index in [2.05, 4.69) is 103 Å². The third kappa shape index (κ3) is 5.02. The van der Waals surface area contributed by atoms with Gasteiger partial charge in [-0.15, -0.1) is 0 Å². The molecule has 0 heteroatoms. The minimum atomic E-state index is -0.425. The predicted molar refractivity (Wildman–Crippen MR) is 251 cm³/mol. The normalized spacial score (nSPS) is 13.7. The van der Waals surface area contributed by atoms with Crippen LogP contribution < -0.4 is 0 Å². The van der Waals surface area contributed by atoms with E-state index in [9.17, 15) is 5.48 Å². The molecule has 0 fully saturated rings. The van der Waals surface area contributed by atoms with Crippen molar-refractivity contribution in [3.05, 3.63) is 218 Å². The molecule has 0 unspecified atom stereocenters. The first-order valence-electron chi connectivity index (χ1n) is 23.5. The Kier molecular flexibility index (Phi) is 5.74. The quantitative estimate of drug-likeness (QED) is 0.124. The number of hydrogen-bond donors (Lipinski definition) is 0. The molecule has 12 aromatic carbocycles. The van der Waals surface area contributed by atoms with Gasteiger partial charge >= 0.3 is 0 Å². The maximum absolute atomic E-state index is 9.47. The van der Waals surface area contributed by atoms with Gasteiger partial charge in [-0.2, -0.15) is 0 Å². The largest absolute Gasteiger partial charge is 0.0629 e. The molecule has 12 aromatic rings. The molecule has 0 atom stereocenters. The van der Waals surface area contributed by atoms with Crippen molar-refractivity contribution in [2.45, 2.75) is 0 Å². The van der Waals surface area contributed by atoms with Gasteiger partial charge < -0.3 is 0 Å². The van der Waals surface area contributed by atoms with E-state index < -0.39 is 24.2 Å². The number of rotatable bonds is 4. The van der Waals surface area contributed by atoms with Crippen LogP contribution in [0.3, 0.4) is 0 Å². The topological polar surface area (TPSA) is 0 Å². The van der Waals surface area contributed by atoms with E-state index in [1.54, 1.807) is 0 Å². The van der Waals surface area contributed by atoms with Gasteiger partial charge in [-0.25, -0.2) is 0 Å². The molecule has 0 spiro atoms. The first kappa shape index (κ1) is 25.6. The van der Waals surface area contributed by atoms with Crippen LogP contribution in [0.5, 0.6) is 0 Å². The zero-order chi connectivity index (χ0) is 45.1. The maximum Gasteiger partial charge on any atom is 0.0629 e. The van der Waals surface area contributed by atoms with Crippen molar-refractivity contribution >= 4 is 75.4 Å². The molecule has 0 aliphatic rings.